The van der Waals surface area contributed by atoms with Gasteiger partial charge in [0.1, 0.15) is 6.61 Å². The molecule has 0 atom stereocenters. The lowest BCUT2D eigenvalue weighted by Crippen LogP contribution is -2.17. The summed E-state index contributed by atoms with van der Waals surface area (Å²) in [6.45, 7) is 3.77. The molecule has 0 saturated heterocycles. The number of sulfone groups is 1. The van der Waals surface area contributed by atoms with Crippen LogP contribution < -0.4 is 10.5 Å². The van der Waals surface area contributed by atoms with Gasteiger partial charge >= 0.3 is 0 Å². The van der Waals surface area contributed by atoms with Crippen LogP contribution in [0.4, 0.5) is 5.82 Å². The molecule has 96 valence electrons. The van der Waals surface area contributed by atoms with Crippen LogP contribution in [0.15, 0.2) is 12.1 Å². The van der Waals surface area contributed by atoms with Gasteiger partial charge in [0.05, 0.1) is 11.5 Å². The third-order valence-electron chi connectivity index (χ3n) is 2.19. The Morgan fingerprint density at radius 1 is 1.35 bits per heavy atom. The van der Waals surface area contributed by atoms with Gasteiger partial charge in [0.25, 0.3) is 0 Å². The minimum absolute atomic E-state index is 0.00809. The maximum Gasteiger partial charge on any atom is 0.166 e. The Labute approximate surface area is 102 Å². The molecule has 0 spiro atoms. The summed E-state index contributed by atoms with van der Waals surface area (Å²) in [6, 6.07) is 3.47. The van der Waals surface area contributed by atoms with Crippen molar-refractivity contribution in [1.29, 1.82) is 0 Å². The topological polar surface area (TPSA) is 82.3 Å². The first-order valence-corrected chi connectivity index (χ1v) is 7.33. The molecule has 6 heteroatoms. The number of anilines is 1. The molecule has 17 heavy (non-hydrogen) atoms. The first-order chi connectivity index (χ1) is 7.94. The van der Waals surface area contributed by atoms with Crippen molar-refractivity contribution in [2.75, 3.05) is 23.8 Å². The summed E-state index contributed by atoms with van der Waals surface area (Å²) in [7, 11) is -3.01. The van der Waals surface area contributed by atoms with Crippen molar-refractivity contribution in [3.05, 3.63) is 17.8 Å². The highest BCUT2D eigenvalue weighted by atomic mass is 32.2. The molecule has 1 rings (SSSR count). The van der Waals surface area contributed by atoms with Gasteiger partial charge in [-0.2, -0.15) is 0 Å². The normalized spacial score (nSPS) is 11.4. The first kappa shape index (κ1) is 13.8. The Morgan fingerprint density at radius 3 is 2.65 bits per heavy atom. The lowest BCUT2D eigenvalue weighted by molar-refractivity contribution is 0.341. The first-order valence-electron chi connectivity index (χ1n) is 5.51. The van der Waals surface area contributed by atoms with Crippen molar-refractivity contribution in [1.82, 2.24) is 4.98 Å². The molecular formula is C11H18N2O3S. The predicted molar refractivity (Wildman–Crippen MR) is 67.8 cm³/mol. The maximum atomic E-state index is 11.4. The van der Waals surface area contributed by atoms with Gasteiger partial charge in [0, 0.05) is 5.69 Å². The van der Waals surface area contributed by atoms with E-state index in [0.29, 0.717) is 12.2 Å². The summed E-state index contributed by atoms with van der Waals surface area (Å²) in [5.74, 6) is 0.923. The lowest BCUT2D eigenvalue weighted by Gasteiger charge is -2.08. The largest absolute Gasteiger partial charge is 0.489 e. The third-order valence-corrected chi connectivity index (χ3v) is 4.01. The van der Waals surface area contributed by atoms with Crippen LogP contribution in [0, 0.1) is 6.92 Å². The van der Waals surface area contributed by atoms with Crippen molar-refractivity contribution in [2.45, 2.75) is 20.3 Å². The van der Waals surface area contributed by atoms with E-state index in [4.69, 9.17) is 10.5 Å². The molecule has 0 radical (unpaired) electrons. The number of nitrogens with zero attached hydrogens (tertiary/aromatic N) is 1. The Balaban J connectivity index is 2.51. The van der Waals surface area contributed by atoms with Crippen LogP contribution in [-0.4, -0.2) is 31.5 Å². The molecule has 0 aliphatic carbocycles. The fraction of sp³-hybridized carbons (Fsp3) is 0.545. The van der Waals surface area contributed by atoms with Gasteiger partial charge in [-0.15, -0.1) is 0 Å². The molecule has 5 nitrogen and oxygen atoms in total. The Bertz CT molecular complexity index is 472. The molecule has 0 unspecified atom stereocenters. The molecule has 0 aliphatic rings. The summed E-state index contributed by atoms with van der Waals surface area (Å²) >= 11 is 0. The van der Waals surface area contributed by atoms with Gasteiger partial charge in [0.15, 0.2) is 21.4 Å². The van der Waals surface area contributed by atoms with Gasteiger partial charge in [-0.1, -0.05) is 6.92 Å². The zero-order chi connectivity index (χ0) is 12.9. The summed E-state index contributed by atoms with van der Waals surface area (Å²) in [4.78, 5) is 4.03. The number of hydrogen-bond donors (Lipinski definition) is 1. The highest BCUT2D eigenvalue weighted by molar-refractivity contribution is 7.91. The summed E-state index contributed by atoms with van der Waals surface area (Å²) < 4.78 is 28.2. The van der Waals surface area contributed by atoms with Crippen LogP contribution in [0.5, 0.6) is 5.75 Å². The van der Waals surface area contributed by atoms with Crippen molar-refractivity contribution in [3.8, 4) is 5.75 Å². The minimum atomic E-state index is -3.01. The van der Waals surface area contributed by atoms with Crippen LogP contribution in [0.25, 0.3) is 0 Å². The summed E-state index contributed by atoms with van der Waals surface area (Å²) in [6.07, 6.45) is 0.622. The molecule has 1 aromatic heterocycles. The quantitative estimate of drug-likeness (QED) is 0.828. The smallest absolute Gasteiger partial charge is 0.166 e. The van der Waals surface area contributed by atoms with E-state index in [0.717, 1.165) is 5.69 Å². The second-order valence-electron chi connectivity index (χ2n) is 3.84. The maximum absolute atomic E-state index is 11.4. The lowest BCUT2D eigenvalue weighted by atomic mass is 10.3. The van der Waals surface area contributed by atoms with Gasteiger partial charge in [0.2, 0.25) is 0 Å². The number of aryl methyl sites for hydroxylation is 1. The zero-order valence-electron chi connectivity index (χ0n) is 10.1. The SMILES string of the molecule is CCCS(=O)(=O)CCOc1ccc(C)nc1N. The van der Waals surface area contributed by atoms with Gasteiger partial charge in [-0.25, -0.2) is 13.4 Å². The van der Waals surface area contributed by atoms with Gasteiger partial charge in [-0.3, -0.25) is 0 Å². The molecular weight excluding hydrogens is 240 g/mol. The molecule has 0 amide bonds. The van der Waals surface area contributed by atoms with Crippen molar-refractivity contribution < 1.29 is 13.2 Å². The van der Waals surface area contributed by atoms with E-state index in [2.05, 4.69) is 4.98 Å². The number of aromatic nitrogens is 1. The van der Waals surface area contributed by atoms with E-state index in [1.165, 1.54) is 0 Å². The predicted octanol–water partition coefficient (Wildman–Crippen LogP) is 1.18. The highest BCUT2D eigenvalue weighted by Crippen LogP contribution is 2.18. The number of ether oxygens (including phenoxy) is 1. The van der Waals surface area contributed by atoms with Crippen LogP contribution in [0.3, 0.4) is 0 Å². The van der Waals surface area contributed by atoms with E-state index in [1.807, 2.05) is 13.8 Å². The fourth-order valence-corrected chi connectivity index (χ4v) is 2.54. The third kappa shape index (κ3) is 4.60. The van der Waals surface area contributed by atoms with Crippen molar-refractivity contribution in [2.24, 2.45) is 0 Å². The molecule has 0 fully saturated rings. The molecule has 0 aliphatic heterocycles. The number of rotatable bonds is 6. The Kier molecular flexibility index (Phi) is 4.74. The molecule has 0 aromatic carbocycles. The van der Waals surface area contributed by atoms with Gasteiger partial charge < -0.3 is 10.5 Å². The number of nitrogens with two attached hydrogens (primary N) is 1. The summed E-state index contributed by atoms with van der Waals surface area (Å²) in [5.41, 5.74) is 6.44. The summed E-state index contributed by atoms with van der Waals surface area (Å²) in [5, 5.41) is 0. The van der Waals surface area contributed by atoms with Crippen molar-refractivity contribution in [3.63, 3.8) is 0 Å². The van der Waals surface area contributed by atoms with Crippen LogP contribution in [-0.2, 0) is 9.84 Å². The van der Waals surface area contributed by atoms with Crippen LogP contribution >= 0.6 is 0 Å². The van der Waals surface area contributed by atoms with E-state index >= 15 is 0 Å². The standard InChI is InChI=1S/C11H18N2O3S/c1-3-7-17(14,15)8-6-16-10-5-4-9(2)13-11(10)12/h4-5H,3,6-8H2,1-2H3,(H2,12,13). The number of nitrogen functional groups attached to an aromatic ring is 1. The highest BCUT2D eigenvalue weighted by Gasteiger charge is 2.10. The molecule has 1 heterocycles. The van der Waals surface area contributed by atoms with E-state index in [1.54, 1.807) is 12.1 Å². The van der Waals surface area contributed by atoms with Crippen LogP contribution in [0.1, 0.15) is 19.0 Å². The Morgan fingerprint density at radius 2 is 2.06 bits per heavy atom. The van der Waals surface area contributed by atoms with E-state index < -0.39 is 9.84 Å². The molecule has 0 saturated carbocycles. The van der Waals surface area contributed by atoms with E-state index in [9.17, 15) is 8.42 Å². The van der Waals surface area contributed by atoms with Crippen LogP contribution in [0.2, 0.25) is 0 Å². The van der Waals surface area contributed by atoms with Gasteiger partial charge in [-0.05, 0) is 25.5 Å². The molecule has 1 aromatic rings. The minimum Gasteiger partial charge on any atom is -0.489 e. The Hall–Kier alpha value is -1.30. The average molecular weight is 258 g/mol. The monoisotopic (exact) mass is 258 g/mol. The second-order valence-corrected chi connectivity index (χ2v) is 6.14. The second kappa shape index (κ2) is 5.86. The van der Waals surface area contributed by atoms with Crippen molar-refractivity contribution >= 4 is 15.7 Å². The average Bonchev–Trinajstić information content (AvgIpc) is 2.21. The zero-order valence-corrected chi connectivity index (χ0v) is 11.0. The van der Waals surface area contributed by atoms with E-state index in [-0.39, 0.29) is 23.9 Å². The number of hydrogen-bond acceptors (Lipinski definition) is 5. The fourth-order valence-electron chi connectivity index (χ4n) is 1.38. The number of pyridine rings is 1. The molecule has 0 bridgehead atoms. The molecule has 2 N–H and O–H groups in total.